The van der Waals surface area contributed by atoms with Crippen LogP contribution in [0.5, 0.6) is 5.75 Å². The minimum atomic E-state index is -0.376. The van der Waals surface area contributed by atoms with Crippen LogP contribution in [-0.2, 0) is 11.4 Å². The third-order valence-electron chi connectivity index (χ3n) is 6.35. The van der Waals surface area contributed by atoms with E-state index in [0.717, 1.165) is 42.6 Å². The minimum absolute atomic E-state index is 0.110. The molecule has 0 aliphatic carbocycles. The number of unbranched alkanes of at least 4 members (excludes halogenated alkanes) is 4. The highest BCUT2D eigenvalue weighted by Crippen LogP contribution is 2.26. The van der Waals surface area contributed by atoms with E-state index in [1.54, 1.807) is 36.4 Å². The molecule has 6 heteroatoms. The molecule has 0 bridgehead atoms. The molecule has 1 aliphatic heterocycles. The number of carbonyl (C=O) groups is 3. The van der Waals surface area contributed by atoms with Crippen LogP contribution in [0.1, 0.15) is 71.7 Å². The van der Waals surface area contributed by atoms with E-state index in [1.165, 1.54) is 4.90 Å². The normalized spacial score (nSPS) is 12.5. The van der Waals surface area contributed by atoms with E-state index in [1.807, 2.05) is 42.5 Å². The highest BCUT2D eigenvalue weighted by molar-refractivity contribution is 6.21. The predicted molar refractivity (Wildman–Crippen MR) is 140 cm³/mol. The topological polar surface area (TPSA) is 66.9 Å². The zero-order valence-electron chi connectivity index (χ0n) is 20.7. The van der Waals surface area contributed by atoms with Crippen LogP contribution in [0.4, 0.5) is 5.69 Å². The lowest BCUT2D eigenvalue weighted by molar-refractivity contribution is -0.119. The second-order valence-corrected chi connectivity index (χ2v) is 8.98. The van der Waals surface area contributed by atoms with Gasteiger partial charge in [0.15, 0.2) is 0 Å². The summed E-state index contributed by atoms with van der Waals surface area (Å²) < 4.78 is 5.88. The number of amides is 3. The minimum Gasteiger partial charge on any atom is -0.489 e. The Morgan fingerprint density at radius 3 is 2.03 bits per heavy atom. The van der Waals surface area contributed by atoms with E-state index < -0.39 is 0 Å². The maximum atomic E-state index is 13.3. The van der Waals surface area contributed by atoms with Crippen LogP contribution >= 0.6 is 0 Å². The highest BCUT2D eigenvalue weighted by Gasteiger charge is 2.37. The first kappa shape index (κ1) is 25.2. The zero-order chi connectivity index (χ0) is 25.3. The third-order valence-corrected chi connectivity index (χ3v) is 6.35. The van der Waals surface area contributed by atoms with Crippen molar-refractivity contribution in [3.63, 3.8) is 0 Å². The van der Waals surface area contributed by atoms with Gasteiger partial charge < -0.3 is 4.74 Å². The number of fused-ring (bicyclic) bond motifs is 1. The van der Waals surface area contributed by atoms with Gasteiger partial charge in [-0.25, -0.2) is 0 Å². The molecule has 0 unspecified atom stereocenters. The number of hydrogen-bond acceptors (Lipinski definition) is 4. The fourth-order valence-corrected chi connectivity index (χ4v) is 4.29. The number of imide groups is 1. The molecule has 0 spiro atoms. The Morgan fingerprint density at radius 1 is 0.778 bits per heavy atom. The van der Waals surface area contributed by atoms with Crippen molar-refractivity contribution in [1.29, 1.82) is 0 Å². The van der Waals surface area contributed by atoms with E-state index in [2.05, 4.69) is 6.92 Å². The fraction of sp³-hybridized carbons (Fsp3) is 0.300. The van der Waals surface area contributed by atoms with Crippen molar-refractivity contribution < 1.29 is 19.1 Å². The molecule has 0 N–H and O–H groups in total. The molecule has 0 saturated carbocycles. The van der Waals surface area contributed by atoms with Crippen LogP contribution in [-0.4, -0.2) is 29.3 Å². The van der Waals surface area contributed by atoms with Crippen LogP contribution in [0.2, 0.25) is 0 Å². The number of anilines is 1. The van der Waals surface area contributed by atoms with E-state index in [9.17, 15) is 14.4 Å². The lowest BCUT2D eigenvalue weighted by Crippen LogP contribution is -2.44. The summed E-state index contributed by atoms with van der Waals surface area (Å²) in [6.07, 6.45) is 5.49. The maximum absolute atomic E-state index is 13.3. The number of hydrogen-bond donors (Lipinski definition) is 0. The predicted octanol–water partition coefficient (Wildman–Crippen LogP) is 6.21. The molecule has 3 aromatic carbocycles. The van der Waals surface area contributed by atoms with E-state index >= 15 is 0 Å². The molecule has 0 aromatic heterocycles. The molecular weight excluding hydrogens is 452 g/mol. The van der Waals surface area contributed by atoms with Gasteiger partial charge in [-0.05, 0) is 48.4 Å². The van der Waals surface area contributed by atoms with Crippen molar-refractivity contribution in [2.45, 2.75) is 52.1 Å². The van der Waals surface area contributed by atoms with Crippen molar-refractivity contribution in [2.24, 2.45) is 0 Å². The van der Waals surface area contributed by atoms with Gasteiger partial charge in [0.2, 0.25) is 5.91 Å². The van der Waals surface area contributed by atoms with Crippen molar-refractivity contribution in [3.8, 4) is 5.75 Å². The van der Waals surface area contributed by atoms with Gasteiger partial charge in [-0.3, -0.25) is 24.2 Å². The number of ether oxygens (including phenoxy) is 1. The summed E-state index contributed by atoms with van der Waals surface area (Å²) in [6.45, 7) is 2.47. The van der Waals surface area contributed by atoms with E-state index in [-0.39, 0.29) is 24.4 Å². The average Bonchev–Trinajstić information content (AvgIpc) is 3.16. The third kappa shape index (κ3) is 6.00. The largest absolute Gasteiger partial charge is 0.489 e. The van der Waals surface area contributed by atoms with Gasteiger partial charge in [0.05, 0.1) is 11.1 Å². The van der Waals surface area contributed by atoms with Gasteiger partial charge in [0.1, 0.15) is 19.0 Å². The lowest BCUT2D eigenvalue weighted by atomic mass is 10.1. The Balaban J connectivity index is 1.48. The second kappa shape index (κ2) is 12.2. The molecule has 6 nitrogen and oxygen atoms in total. The molecule has 1 aliphatic rings. The monoisotopic (exact) mass is 484 g/mol. The standard InChI is InChI=1S/C30H32N2O4/c1-2-3-4-5-9-16-28(33)31(22-32-29(34)26-14-10-11-15-27(26)30(32)35)24-17-19-25(20-18-24)36-21-23-12-7-6-8-13-23/h6-8,10-15,17-20H,2-5,9,16,21-22H2,1H3. The molecule has 0 radical (unpaired) electrons. The van der Waals surface area contributed by atoms with Gasteiger partial charge in [0.25, 0.3) is 11.8 Å². The van der Waals surface area contributed by atoms with Gasteiger partial charge in [0, 0.05) is 12.1 Å². The summed E-state index contributed by atoms with van der Waals surface area (Å²) in [5.41, 5.74) is 2.43. The first-order chi connectivity index (χ1) is 17.6. The number of carbonyl (C=O) groups excluding carboxylic acids is 3. The maximum Gasteiger partial charge on any atom is 0.263 e. The summed E-state index contributed by atoms with van der Waals surface area (Å²) >= 11 is 0. The molecule has 3 aromatic rings. The molecule has 0 saturated heterocycles. The lowest BCUT2D eigenvalue weighted by Gasteiger charge is -2.27. The number of rotatable bonds is 12. The quantitative estimate of drug-likeness (QED) is 0.226. The molecule has 3 amide bonds. The van der Waals surface area contributed by atoms with Gasteiger partial charge in [-0.15, -0.1) is 0 Å². The van der Waals surface area contributed by atoms with Crippen LogP contribution in [0, 0.1) is 0 Å². The Bertz CT molecular complexity index is 1160. The number of nitrogens with zero attached hydrogens (tertiary/aromatic N) is 2. The smallest absolute Gasteiger partial charge is 0.263 e. The molecule has 186 valence electrons. The molecule has 4 rings (SSSR count). The van der Waals surface area contributed by atoms with Crippen LogP contribution in [0.25, 0.3) is 0 Å². The molecule has 1 heterocycles. The van der Waals surface area contributed by atoms with E-state index in [0.29, 0.717) is 35.6 Å². The van der Waals surface area contributed by atoms with Crippen LogP contribution in [0.15, 0.2) is 78.9 Å². The van der Waals surface area contributed by atoms with Crippen molar-refractivity contribution in [2.75, 3.05) is 11.6 Å². The molecule has 0 atom stereocenters. The first-order valence-corrected chi connectivity index (χ1v) is 12.6. The fourth-order valence-electron chi connectivity index (χ4n) is 4.29. The summed E-state index contributed by atoms with van der Waals surface area (Å²) in [5, 5.41) is 0. The summed E-state index contributed by atoms with van der Waals surface area (Å²) in [5.74, 6) is -0.186. The van der Waals surface area contributed by atoms with Crippen molar-refractivity contribution >= 4 is 23.4 Å². The average molecular weight is 485 g/mol. The zero-order valence-corrected chi connectivity index (χ0v) is 20.7. The van der Waals surface area contributed by atoms with E-state index in [4.69, 9.17) is 4.74 Å². The second-order valence-electron chi connectivity index (χ2n) is 8.98. The Labute approximate surface area is 212 Å². The van der Waals surface area contributed by atoms with Gasteiger partial charge in [-0.1, -0.05) is 75.1 Å². The summed E-state index contributed by atoms with van der Waals surface area (Å²) in [4.78, 5) is 41.9. The van der Waals surface area contributed by atoms with Gasteiger partial charge >= 0.3 is 0 Å². The molecular formula is C30H32N2O4. The Kier molecular flexibility index (Phi) is 8.50. The first-order valence-electron chi connectivity index (χ1n) is 12.6. The van der Waals surface area contributed by atoms with Gasteiger partial charge in [-0.2, -0.15) is 0 Å². The molecule has 36 heavy (non-hydrogen) atoms. The Hall–Kier alpha value is -3.93. The van der Waals surface area contributed by atoms with Crippen LogP contribution in [0.3, 0.4) is 0 Å². The summed E-state index contributed by atoms with van der Waals surface area (Å²) in [6, 6.07) is 23.9. The highest BCUT2D eigenvalue weighted by atomic mass is 16.5. The molecule has 0 fully saturated rings. The SMILES string of the molecule is CCCCCCCC(=O)N(CN1C(=O)c2ccccc2C1=O)c1ccc(OCc2ccccc2)cc1. The Morgan fingerprint density at radius 2 is 1.39 bits per heavy atom. The van der Waals surface area contributed by atoms with Crippen LogP contribution < -0.4 is 9.64 Å². The van der Waals surface area contributed by atoms with Crippen molar-refractivity contribution in [1.82, 2.24) is 4.90 Å². The summed E-state index contributed by atoms with van der Waals surface area (Å²) in [7, 11) is 0. The van der Waals surface area contributed by atoms with Crippen molar-refractivity contribution in [3.05, 3.63) is 95.6 Å². The number of benzene rings is 3.